The number of ether oxygens (including phenoxy) is 2. The van der Waals surface area contributed by atoms with Gasteiger partial charge in [-0.3, -0.25) is 19.3 Å². The molecule has 3 aromatic rings. The minimum atomic E-state index is -0.477. The van der Waals surface area contributed by atoms with E-state index >= 15 is 0 Å². The Morgan fingerprint density at radius 2 is 1.81 bits per heavy atom. The molecule has 37 heavy (non-hydrogen) atoms. The summed E-state index contributed by atoms with van der Waals surface area (Å²) in [5, 5.41) is -0.458. The molecule has 9 nitrogen and oxygen atoms in total. The topological polar surface area (TPSA) is 94.0 Å². The first-order chi connectivity index (χ1) is 17.8. The fraction of sp³-hybridized carbons (Fsp3) is 0.333. The monoisotopic (exact) mass is 520 g/mol. The number of aromatic nitrogens is 2. The van der Waals surface area contributed by atoms with E-state index < -0.39 is 11.1 Å². The molecule has 0 radical (unpaired) electrons. The number of imidazole rings is 1. The number of carbonyl (C=O) groups is 3. The summed E-state index contributed by atoms with van der Waals surface area (Å²) < 4.78 is 12.8. The lowest BCUT2D eigenvalue weighted by Crippen LogP contribution is -2.44. The van der Waals surface area contributed by atoms with Crippen LogP contribution in [0.1, 0.15) is 36.8 Å². The van der Waals surface area contributed by atoms with Gasteiger partial charge in [0.05, 0.1) is 30.2 Å². The van der Waals surface area contributed by atoms with Gasteiger partial charge < -0.3 is 18.9 Å². The summed E-state index contributed by atoms with van der Waals surface area (Å²) in [6, 6.07) is 11.7. The number of thioether (sulfide) groups is 1. The maximum Gasteiger partial charge on any atom is 0.294 e. The number of hydrogen-bond acceptors (Lipinski definition) is 7. The molecule has 0 N–H and O–H groups in total. The maximum absolute atomic E-state index is 13.2. The van der Waals surface area contributed by atoms with Gasteiger partial charge in [-0.25, -0.2) is 4.98 Å². The number of hydrogen-bond donors (Lipinski definition) is 0. The third-order valence-corrected chi connectivity index (χ3v) is 7.54. The van der Waals surface area contributed by atoms with Crippen molar-refractivity contribution in [2.45, 2.75) is 32.9 Å². The number of fused-ring (bicyclic) bond motifs is 2. The molecule has 2 aliphatic heterocycles. The molecule has 0 atom stereocenters. The van der Waals surface area contributed by atoms with Gasteiger partial charge in [0.2, 0.25) is 5.91 Å². The van der Waals surface area contributed by atoms with E-state index in [1.807, 2.05) is 54.8 Å². The predicted octanol–water partition coefficient (Wildman–Crippen LogP) is 4.26. The number of amides is 3. The lowest BCUT2D eigenvalue weighted by atomic mass is 9.98. The van der Waals surface area contributed by atoms with Crippen LogP contribution in [0.15, 0.2) is 41.3 Å². The third kappa shape index (κ3) is 4.57. The molecule has 2 aromatic carbocycles. The number of benzene rings is 2. The Kier molecular flexibility index (Phi) is 6.68. The highest BCUT2D eigenvalue weighted by atomic mass is 32.2. The Morgan fingerprint density at radius 3 is 2.51 bits per heavy atom. The van der Waals surface area contributed by atoms with Gasteiger partial charge in [-0.15, -0.1) is 0 Å². The van der Waals surface area contributed by atoms with Crippen molar-refractivity contribution in [1.82, 2.24) is 19.4 Å². The van der Waals surface area contributed by atoms with E-state index in [0.29, 0.717) is 36.8 Å². The Morgan fingerprint density at radius 1 is 1.11 bits per heavy atom. The van der Waals surface area contributed by atoms with E-state index in [2.05, 4.69) is 4.98 Å². The highest BCUT2D eigenvalue weighted by Gasteiger charge is 2.38. The summed E-state index contributed by atoms with van der Waals surface area (Å²) in [7, 11) is 3.16. The van der Waals surface area contributed by atoms with Crippen LogP contribution in [0.4, 0.5) is 4.79 Å². The molecule has 1 fully saturated rings. The molecule has 192 valence electrons. The number of nitrogens with zero attached hydrogens (tertiary/aromatic N) is 4. The van der Waals surface area contributed by atoms with E-state index in [1.54, 1.807) is 25.2 Å². The lowest BCUT2D eigenvalue weighted by molar-refractivity contribution is -0.136. The fourth-order valence-electron chi connectivity index (χ4n) is 4.79. The molecule has 1 aromatic heterocycles. The van der Waals surface area contributed by atoms with Crippen LogP contribution in [-0.4, -0.2) is 63.7 Å². The summed E-state index contributed by atoms with van der Waals surface area (Å²) in [5.74, 6) is 1.09. The van der Waals surface area contributed by atoms with Gasteiger partial charge >= 0.3 is 0 Å². The predicted molar refractivity (Wildman–Crippen MR) is 141 cm³/mol. The van der Waals surface area contributed by atoms with Crippen molar-refractivity contribution in [2.75, 3.05) is 27.3 Å². The van der Waals surface area contributed by atoms with Crippen molar-refractivity contribution in [3.05, 3.63) is 58.3 Å². The standard InChI is InChI=1S/C27H28N4O5S/c1-16(2)31-20-8-6-5-7-19(20)28-24(31)13-23-26(33)30(27(34)37-23)15-25(32)29-10-9-17-11-21(35-3)22(36-4)12-18(17)14-29/h5-8,11-13,16H,9-10,14-15H2,1-4H3/b23-13-. The zero-order valence-corrected chi connectivity index (χ0v) is 22.0. The van der Waals surface area contributed by atoms with Gasteiger partial charge in [0.1, 0.15) is 12.4 Å². The molecule has 0 saturated carbocycles. The largest absolute Gasteiger partial charge is 0.493 e. The van der Waals surface area contributed by atoms with Crippen molar-refractivity contribution in [3.63, 3.8) is 0 Å². The number of para-hydroxylation sites is 2. The molecule has 10 heteroatoms. The second-order valence-electron chi connectivity index (χ2n) is 9.23. The Hall–Kier alpha value is -3.79. The summed E-state index contributed by atoms with van der Waals surface area (Å²) in [5.41, 5.74) is 3.82. The van der Waals surface area contributed by atoms with Gasteiger partial charge in [0, 0.05) is 25.2 Å². The van der Waals surface area contributed by atoms with Crippen molar-refractivity contribution in [2.24, 2.45) is 0 Å². The highest BCUT2D eigenvalue weighted by Crippen LogP contribution is 2.35. The van der Waals surface area contributed by atoms with Crippen LogP contribution in [0, 0.1) is 0 Å². The van der Waals surface area contributed by atoms with Gasteiger partial charge in [0.25, 0.3) is 11.1 Å². The highest BCUT2D eigenvalue weighted by molar-refractivity contribution is 8.18. The van der Waals surface area contributed by atoms with Crippen LogP contribution in [0.3, 0.4) is 0 Å². The van der Waals surface area contributed by atoms with E-state index in [4.69, 9.17) is 9.47 Å². The van der Waals surface area contributed by atoms with Gasteiger partial charge in [-0.2, -0.15) is 0 Å². The molecule has 0 spiro atoms. The first-order valence-electron chi connectivity index (χ1n) is 12.0. The molecule has 0 bridgehead atoms. The van der Waals surface area contributed by atoms with Crippen molar-refractivity contribution >= 4 is 45.9 Å². The number of carbonyl (C=O) groups excluding carboxylic acids is 3. The first-order valence-corrected chi connectivity index (χ1v) is 12.9. The molecular weight excluding hydrogens is 492 g/mol. The summed E-state index contributed by atoms with van der Waals surface area (Å²) in [6.45, 7) is 4.65. The van der Waals surface area contributed by atoms with Crippen LogP contribution in [-0.2, 0) is 22.6 Å². The molecule has 1 saturated heterocycles. The Labute approximate surface area is 219 Å². The van der Waals surface area contributed by atoms with Crippen LogP contribution < -0.4 is 9.47 Å². The first kappa shape index (κ1) is 24.9. The maximum atomic E-state index is 13.2. The van der Waals surface area contributed by atoms with Gasteiger partial charge in [0.15, 0.2) is 11.5 Å². The lowest BCUT2D eigenvalue weighted by Gasteiger charge is -2.30. The normalized spacial score (nSPS) is 16.7. The average Bonchev–Trinajstić information content (AvgIpc) is 3.39. The zero-order valence-electron chi connectivity index (χ0n) is 21.2. The average molecular weight is 521 g/mol. The fourth-order valence-corrected chi connectivity index (χ4v) is 5.60. The summed E-state index contributed by atoms with van der Waals surface area (Å²) in [6.07, 6.45) is 2.29. The Bertz CT molecular complexity index is 1440. The minimum absolute atomic E-state index is 0.106. The van der Waals surface area contributed by atoms with E-state index in [0.717, 1.165) is 38.8 Å². The van der Waals surface area contributed by atoms with E-state index in [-0.39, 0.29) is 23.4 Å². The molecular formula is C27H28N4O5S. The van der Waals surface area contributed by atoms with Gasteiger partial charge in [-0.1, -0.05) is 12.1 Å². The zero-order chi connectivity index (χ0) is 26.3. The van der Waals surface area contributed by atoms with Crippen LogP contribution in [0.25, 0.3) is 17.1 Å². The van der Waals surface area contributed by atoms with Crippen molar-refractivity contribution in [1.29, 1.82) is 0 Å². The number of methoxy groups -OCH3 is 2. The summed E-state index contributed by atoms with van der Waals surface area (Å²) in [4.78, 5) is 46.7. The SMILES string of the molecule is COc1cc2c(cc1OC)CN(C(=O)CN1C(=O)S/C(=C\c3nc4ccccc4n3C(C)C)C1=O)CC2. The Balaban J connectivity index is 1.33. The summed E-state index contributed by atoms with van der Waals surface area (Å²) >= 11 is 0.837. The molecule has 0 unspecified atom stereocenters. The number of imide groups is 1. The van der Waals surface area contributed by atoms with Crippen LogP contribution in [0.5, 0.6) is 11.5 Å². The van der Waals surface area contributed by atoms with Crippen LogP contribution in [0.2, 0.25) is 0 Å². The minimum Gasteiger partial charge on any atom is -0.493 e. The second kappa shape index (κ2) is 9.93. The third-order valence-electron chi connectivity index (χ3n) is 6.64. The second-order valence-corrected chi connectivity index (χ2v) is 10.2. The van der Waals surface area contributed by atoms with E-state index in [1.165, 1.54) is 0 Å². The van der Waals surface area contributed by atoms with E-state index in [9.17, 15) is 14.4 Å². The smallest absolute Gasteiger partial charge is 0.294 e. The molecule has 3 amide bonds. The van der Waals surface area contributed by atoms with Crippen molar-refractivity contribution < 1.29 is 23.9 Å². The van der Waals surface area contributed by atoms with Crippen molar-refractivity contribution in [3.8, 4) is 11.5 Å². The molecule has 2 aliphatic rings. The molecule has 5 rings (SSSR count). The van der Waals surface area contributed by atoms with Crippen LogP contribution >= 0.6 is 11.8 Å². The molecule has 0 aliphatic carbocycles. The number of rotatable bonds is 6. The quantitative estimate of drug-likeness (QED) is 0.449. The molecule has 3 heterocycles. The van der Waals surface area contributed by atoms with Gasteiger partial charge in [-0.05, 0) is 67.4 Å².